The Morgan fingerprint density at radius 1 is 1.20 bits per heavy atom. The molecule has 1 heterocycles. The van der Waals surface area contributed by atoms with Gasteiger partial charge in [0.05, 0.1) is 12.2 Å². The van der Waals surface area contributed by atoms with E-state index in [-0.39, 0.29) is 6.54 Å². The lowest BCUT2D eigenvalue weighted by molar-refractivity contribution is -0.116. The molecule has 6 heteroatoms. The van der Waals surface area contributed by atoms with Crippen LogP contribution in [0.15, 0.2) is 36.4 Å². The van der Waals surface area contributed by atoms with Crippen molar-refractivity contribution < 1.29 is 4.79 Å². The first-order valence-electron chi connectivity index (χ1n) is 6.23. The lowest BCUT2D eigenvalue weighted by atomic mass is 10.1. The molecule has 6 nitrogen and oxygen atoms in total. The summed E-state index contributed by atoms with van der Waals surface area (Å²) in [6, 6.07) is 11.1. The zero-order valence-corrected chi connectivity index (χ0v) is 11.3. The second kappa shape index (κ2) is 6.01. The highest BCUT2D eigenvalue weighted by Crippen LogP contribution is 2.17. The molecule has 0 fully saturated rings. The maximum absolute atomic E-state index is 11.2. The number of rotatable bonds is 5. The Morgan fingerprint density at radius 2 is 1.95 bits per heavy atom. The van der Waals surface area contributed by atoms with Crippen LogP contribution in [0.25, 0.3) is 0 Å². The quantitative estimate of drug-likeness (QED) is 0.786. The van der Waals surface area contributed by atoms with Crippen molar-refractivity contribution in [2.75, 3.05) is 17.2 Å². The zero-order valence-electron chi connectivity index (χ0n) is 11.3. The zero-order chi connectivity index (χ0) is 14.5. The Morgan fingerprint density at radius 3 is 2.55 bits per heavy atom. The first-order chi connectivity index (χ1) is 9.56. The van der Waals surface area contributed by atoms with Gasteiger partial charge in [-0.25, -0.2) is 0 Å². The fourth-order valence-electron chi connectivity index (χ4n) is 1.85. The second-order valence-corrected chi connectivity index (χ2v) is 4.55. The van der Waals surface area contributed by atoms with Gasteiger partial charge in [0, 0.05) is 12.2 Å². The fourth-order valence-corrected chi connectivity index (χ4v) is 1.85. The van der Waals surface area contributed by atoms with E-state index < -0.39 is 5.91 Å². The molecule has 0 aliphatic heterocycles. The van der Waals surface area contributed by atoms with Crippen molar-refractivity contribution in [2.45, 2.75) is 13.5 Å². The van der Waals surface area contributed by atoms with Gasteiger partial charge in [0.25, 0.3) is 0 Å². The Bertz CT molecular complexity index is 597. The van der Waals surface area contributed by atoms with Crippen LogP contribution < -0.4 is 16.4 Å². The van der Waals surface area contributed by atoms with Gasteiger partial charge in [-0.2, -0.15) is 5.10 Å². The Balaban J connectivity index is 2.26. The molecule has 2 aromatic rings. The third kappa shape index (κ3) is 3.44. The normalized spacial score (nSPS) is 10.2. The molecule has 0 saturated heterocycles. The number of para-hydroxylation sites is 1. The summed E-state index contributed by atoms with van der Waals surface area (Å²) in [5.41, 5.74) is 13.6. The lowest BCUT2D eigenvalue weighted by Gasteiger charge is -2.22. The number of nitrogen functional groups attached to an aromatic ring is 1. The Labute approximate surface area is 117 Å². The van der Waals surface area contributed by atoms with Gasteiger partial charge in [0.1, 0.15) is 0 Å². The smallest absolute Gasteiger partial charge is 0.237 e. The molecule has 4 N–H and O–H groups in total. The summed E-state index contributed by atoms with van der Waals surface area (Å²) in [6.45, 7) is 2.36. The van der Waals surface area contributed by atoms with Crippen LogP contribution in [0.5, 0.6) is 0 Å². The van der Waals surface area contributed by atoms with E-state index in [1.807, 2.05) is 43.3 Å². The third-order valence-electron chi connectivity index (χ3n) is 2.87. The summed E-state index contributed by atoms with van der Waals surface area (Å²) in [6.07, 6.45) is 0. The van der Waals surface area contributed by atoms with Crippen molar-refractivity contribution in [2.24, 2.45) is 5.73 Å². The van der Waals surface area contributed by atoms with Crippen molar-refractivity contribution in [3.63, 3.8) is 0 Å². The summed E-state index contributed by atoms with van der Waals surface area (Å²) < 4.78 is 0. The maximum atomic E-state index is 11.2. The summed E-state index contributed by atoms with van der Waals surface area (Å²) in [4.78, 5) is 13.0. The average molecular weight is 271 g/mol. The highest BCUT2D eigenvalue weighted by atomic mass is 16.1. The third-order valence-corrected chi connectivity index (χ3v) is 2.87. The number of nitrogens with two attached hydrogens (primary N) is 2. The number of hydrogen-bond donors (Lipinski definition) is 2. The molecule has 1 aromatic carbocycles. The van der Waals surface area contributed by atoms with Crippen LogP contribution >= 0.6 is 0 Å². The number of primary amides is 1. The van der Waals surface area contributed by atoms with E-state index in [0.29, 0.717) is 18.1 Å². The van der Waals surface area contributed by atoms with Crippen LogP contribution in [0.4, 0.5) is 11.5 Å². The number of carbonyl (C=O) groups excluding carboxylic acids is 1. The van der Waals surface area contributed by atoms with Crippen LogP contribution in [-0.2, 0) is 11.3 Å². The van der Waals surface area contributed by atoms with Crippen molar-refractivity contribution in [1.29, 1.82) is 0 Å². The summed E-state index contributed by atoms with van der Waals surface area (Å²) >= 11 is 0. The van der Waals surface area contributed by atoms with Gasteiger partial charge in [-0.3, -0.25) is 4.79 Å². The maximum Gasteiger partial charge on any atom is 0.237 e. The van der Waals surface area contributed by atoms with Crippen molar-refractivity contribution in [1.82, 2.24) is 10.2 Å². The molecule has 0 aliphatic carbocycles. The molecule has 0 radical (unpaired) electrons. The van der Waals surface area contributed by atoms with E-state index in [0.717, 1.165) is 11.3 Å². The van der Waals surface area contributed by atoms with Crippen LogP contribution in [-0.4, -0.2) is 22.6 Å². The van der Waals surface area contributed by atoms with Crippen molar-refractivity contribution in [3.8, 4) is 0 Å². The first kappa shape index (κ1) is 13.8. The number of hydrogen-bond acceptors (Lipinski definition) is 5. The van der Waals surface area contributed by atoms with E-state index in [1.54, 1.807) is 4.90 Å². The predicted octanol–water partition coefficient (Wildman–Crippen LogP) is 0.859. The molecule has 0 spiro atoms. The number of carbonyl (C=O) groups is 1. The van der Waals surface area contributed by atoms with E-state index in [1.165, 1.54) is 0 Å². The number of benzene rings is 1. The summed E-state index contributed by atoms with van der Waals surface area (Å²) in [5.74, 6) is 0.166. The van der Waals surface area contributed by atoms with Gasteiger partial charge in [-0.15, -0.1) is 5.10 Å². The predicted molar refractivity (Wildman–Crippen MR) is 77.9 cm³/mol. The minimum atomic E-state index is -0.429. The summed E-state index contributed by atoms with van der Waals surface area (Å²) in [7, 11) is 0. The standard InChI is InChI=1S/C14H17N5O/c1-10-6-7-14(18-17-10)19(9-13(16)20)8-11-4-2-3-5-12(11)15/h2-7H,8-9,15H2,1H3,(H2,16,20). The van der Waals surface area contributed by atoms with Gasteiger partial charge < -0.3 is 16.4 Å². The largest absolute Gasteiger partial charge is 0.398 e. The molecule has 1 amide bonds. The van der Waals surface area contributed by atoms with Crippen LogP contribution in [0.3, 0.4) is 0 Å². The minimum Gasteiger partial charge on any atom is -0.398 e. The van der Waals surface area contributed by atoms with E-state index in [2.05, 4.69) is 10.2 Å². The van der Waals surface area contributed by atoms with E-state index in [4.69, 9.17) is 11.5 Å². The highest BCUT2D eigenvalue weighted by molar-refractivity contribution is 5.79. The molecular weight excluding hydrogens is 254 g/mol. The molecule has 104 valence electrons. The fraction of sp³-hybridized carbons (Fsp3) is 0.214. The number of amides is 1. The molecule has 2 rings (SSSR count). The second-order valence-electron chi connectivity index (χ2n) is 4.55. The lowest BCUT2D eigenvalue weighted by Crippen LogP contribution is -2.34. The number of anilines is 2. The molecule has 20 heavy (non-hydrogen) atoms. The first-order valence-corrected chi connectivity index (χ1v) is 6.23. The van der Waals surface area contributed by atoms with Gasteiger partial charge in [-0.05, 0) is 30.7 Å². The molecule has 0 aliphatic rings. The van der Waals surface area contributed by atoms with Crippen LogP contribution in [0.1, 0.15) is 11.3 Å². The van der Waals surface area contributed by atoms with Crippen molar-refractivity contribution >= 4 is 17.4 Å². The molecular formula is C14H17N5O. The van der Waals surface area contributed by atoms with Gasteiger partial charge in [0.15, 0.2) is 5.82 Å². The Kier molecular flexibility index (Phi) is 4.14. The van der Waals surface area contributed by atoms with Gasteiger partial charge in [0.2, 0.25) is 5.91 Å². The highest BCUT2D eigenvalue weighted by Gasteiger charge is 2.13. The van der Waals surface area contributed by atoms with Gasteiger partial charge >= 0.3 is 0 Å². The summed E-state index contributed by atoms with van der Waals surface area (Å²) in [5, 5.41) is 8.08. The average Bonchev–Trinajstić information content (AvgIpc) is 2.41. The van der Waals surface area contributed by atoms with E-state index in [9.17, 15) is 4.79 Å². The number of aromatic nitrogens is 2. The number of aryl methyl sites for hydroxylation is 1. The van der Waals surface area contributed by atoms with Crippen molar-refractivity contribution in [3.05, 3.63) is 47.7 Å². The SMILES string of the molecule is Cc1ccc(N(CC(N)=O)Cc2ccccc2N)nn1. The topological polar surface area (TPSA) is 98.1 Å². The molecule has 0 bridgehead atoms. The number of nitrogens with zero attached hydrogens (tertiary/aromatic N) is 3. The minimum absolute atomic E-state index is 0.0616. The van der Waals surface area contributed by atoms with Gasteiger partial charge in [-0.1, -0.05) is 18.2 Å². The molecule has 0 saturated carbocycles. The molecule has 0 unspecified atom stereocenters. The Hall–Kier alpha value is -2.63. The van der Waals surface area contributed by atoms with Crippen LogP contribution in [0.2, 0.25) is 0 Å². The van der Waals surface area contributed by atoms with E-state index >= 15 is 0 Å². The monoisotopic (exact) mass is 271 g/mol. The molecule has 0 atom stereocenters. The molecule has 1 aromatic heterocycles. The van der Waals surface area contributed by atoms with Crippen LogP contribution in [0, 0.1) is 6.92 Å².